The molecule has 144 valence electrons. The average molecular weight is 450 g/mol. The quantitative estimate of drug-likeness (QED) is 0.437. The Hall–Kier alpha value is -1.30. The molecule has 2 unspecified atom stereocenters. The van der Waals surface area contributed by atoms with Gasteiger partial charge in [-0.25, -0.2) is 4.79 Å². The van der Waals surface area contributed by atoms with Crippen LogP contribution >= 0.6 is 15.9 Å². The van der Waals surface area contributed by atoms with Gasteiger partial charge in [0.15, 0.2) is 15.9 Å². The molecular weight excluding hydrogens is 424 g/mol. The van der Waals surface area contributed by atoms with Gasteiger partial charge in [0.2, 0.25) is 5.60 Å². The normalized spacial score (nSPS) is 22.9. The molecule has 0 spiro atoms. The van der Waals surface area contributed by atoms with Crippen LogP contribution in [0.1, 0.15) is 44.2 Å². The Morgan fingerprint density at radius 3 is 2.37 bits per heavy atom. The lowest BCUT2D eigenvalue weighted by Gasteiger charge is -2.21. The highest BCUT2D eigenvalue weighted by Gasteiger charge is 2.68. The second-order valence-corrected chi connectivity index (χ2v) is 11.1. The zero-order chi connectivity index (χ0) is 19.7. The lowest BCUT2D eigenvalue weighted by molar-refractivity contribution is -0.155. The van der Waals surface area contributed by atoms with Crippen LogP contribution in [-0.2, 0) is 31.5 Å². The molecule has 27 heavy (non-hydrogen) atoms. The molecule has 1 fully saturated rings. The molecule has 1 saturated carbocycles. The highest BCUT2D eigenvalue weighted by Crippen LogP contribution is 2.56. The number of hydrogen-bond acceptors (Lipinski definition) is 3. The topological polar surface area (TPSA) is 35.5 Å². The summed E-state index contributed by atoms with van der Waals surface area (Å²) in [6.07, 6.45) is 2.72. The van der Waals surface area contributed by atoms with E-state index in [1.54, 1.807) is 0 Å². The van der Waals surface area contributed by atoms with Crippen LogP contribution < -0.4 is 0 Å². The maximum atomic E-state index is 13.1. The first-order valence-electron chi connectivity index (χ1n) is 9.04. The second kappa shape index (κ2) is 7.98. The summed E-state index contributed by atoms with van der Waals surface area (Å²) in [5.74, 6) is -0.228. The number of carbonyl (C=O) groups excluding carboxylic acids is 1. The summed E-state index contributed by atoms with van der Waals surface area (Å²) in [5.41, 5.74) is 1.21. The van der Waals surface area contributed by atoms with E-state index in [1.165, 1.54) is 0 Å². The summed E-state index contributed by atoms with van der Waals surface area (Å²) >= 11 is 3.10. The van der Waals surface area contributed by atoms with Crippen molar-refractivity contribution < 1.29 is 13.7 Å². The van der Waals surface area contributed by atoms with Gasteiger partial charge >= 0.3 is 5.97 Å². The van der Waals surface area contributed by atoms with E-state index in [1.807, 2.05) is 42.5 Å². The predicted molar refractivity (Wildman–Crippen MR) is 115 cm³/mol. The Bertz CT molecular complexity index is 785. The van der Waals surface area contributed by atoms with Crippen molar-refractivity contribution in [3.63, 3.8) is 0 Å². The zero-order valence-corrected chi connectivity index (χ0v) is 18.6. The molecule has 0 heterocycles. The Kier molecular flexibility index (Phi) is 6.04. The summed E-state index contributed by atoms with van der Waals surface area (Å²) in [5, 5.41) is 0. The maximum Gasteiger partial charge on any atom is 0.345 e. The highest BCUT2D eigenvalue weighted by atomic mass is 79.9. The van der Waals surface area contributed by atoms with Crippen LogP contribution in [0, 0.1) is 0 Å². The monoisotopic (exact) mass is 449 g/mol. The minimum atomic E-state index is -0.881. The van der Waals surface area contributed by atoms with Crippen LogP contribution in [0.25, 0.3) is 0 Å². The van der Waals surface area contributed by atoms with Crippen LogP contribution in [0.15, 0.2) is 59.1 Å². The fraction of sp³-hybridized carbons (Fsp3) is 0.409. The average Bonchev–Trinajstić information content (AvgIpc) is 3.35. The molecule has 0 N–H and O–H groups in total. The lowest BCUT2D eigenvalue weighted by atomic mass is 10.1. The van der Waals surface area contributed by atoms with Gasteiger partial charge in [-0.05, 0) is 44.0 Å². The molecule has 5 heteroatoms. The van der Waals surface area contributed by atoms with E-state index in [0.717, 1.165) is 15.6 Å². The Morgan fingerprint density at radius 2 is 1.78 bits per heavy atom. The van der Waals surface area contributed by atoms with Gasteiger partial charge in [-0.3, -0.25) is 0 Å². The van der Waals surface area contributed by atoms with Crippen molar-refractivity contribution in [3.05, 3.63) is 70.2 Å². The van der Waals surface area contributed by atoms with Gasteiger partial charge in [0.25, 0.3) is 0 Å². The van der Waals surface area contributed by atoms with E-state index >= 15 is 0 Å². The second-order valence-electron chi connectivity index (χ2n) is 7.91. The van der Waals surface area contributed by atoms with Crippen molar-refractivity contribution in [3.8, 4) is 0 Å². The minimum Gasteiger partial charge on any atom is -0.459 e. The molecule has 1 aliphatic carbocycles. The summed E-state index contributed by atoms with van der Waals surface area (Å²) < 4.78 is 13.1. The van der Waals surface area contributed by atoms with Crippen LogP contribution in [0.3, 0.4) is 0 Å². The molecule has 1 aliphatic rings. The third kappa shape index (κ3) is 4.76. The Morgan fingerprint density at radius 1 is 1.15 bits per heavy atom. The molecule has 0 bridgehead atoms. The molecule has 2 aromatic carbocycles. The van der Waals surface area contributed by atoms with Crippen molar-refractivity contribution in [1.29, 1.82) is 0 Å². The Balaban J connectivity index is 1.78. The first-order chi connectivity index (χ1) is 12.7. The first kappa shape index (κ1) is 20.4. The molecule has 0 radical (unpaired) electrons. The number of hydrogen-bond donors (Lipinski definition) is 0. The van der Waals surface area contributed by atoms with Gasteiger partial charge in [-0.1, -0.05) is 58.4 Å². The molecule has 0 saturated heterocycles. The van der Waals surface area contributed by atoms with Crippen molar-refractivity contribution >= 4 is 33.1 Å². The van der Waals surface area contributed by atoms with E-state index in [4.69, 9.17) is 8.92 Å². The molecular formula is C22H26BrO3S+. The maximum absolute atomic E-state index is 13.1. The number of esters is 1. The molecule has 0 aliphatic heterocycles. The lowest BCUT2D eigenvalue weighted by Crippen LogP contribution is -2.39. The van der Waals surface area contributed by atoms with E-state index in [2.05, 4.69) is 55.1 Å². The van der Waals surface area contributed by atoms with Gasteiger partial charge in [-0.2, -0.15) is 4.18 Å². The van der Waals surface area contributed by atoms with Crippen molar-refractivity contribution in [2.24, 2.45) is 0 Å². The van der Waals surface area contributed by atoms with Gasteiger partial charge in [0, 0.05) is 16.8 Å². The fourth-order valence-corrected chi connectivity index (χ4v) is 4.08. The molecule has 0 aromatic heterocycles. The highest BCUT2D eigenvalue weighted by molar-refractivity contribution is 9.10. The third-order valence-electron chi connectivity index (χ3n) is 4.88. The van der Waals surface area contributed by atoms with Gasteiger partial charge in [-0.15, -0.1) is 0 Å². The third-order valence-corrected chi connectivity index (χ3v) is 7.68. The number of rotatable bonds is 6. The fourth-order valence-electron chi connectivity index (χ4n) is 2.87. The SMILES string of the molecule is C[S+](OC1(C(=O)OCc2ccccc2)C[C@@H]1c1ccc(Br)cc1)C(C)(C)C. The molecule has 3 nitrogen and oxygen atoms in total. The summed E-state index contributed by atoms with van der Waals surface area (Å²) in [6, 6.07) is 17.9. The van der Waals surface area contributed by atoms with Crippen LogP contribution in [0.5, 0.6) is 0 Å². The van der Waals surface area contributed by atoms with Gasteiger partial charge in [0.1, 0.15) is 12.9 Å². The first-order valence-corrected chi connectivity index (χ1v) is 11.4. The number of ether oxygens (including phenoxy) is 1. The molecule has 2 aromatic rings. The number of benzene rings is 2. The smallest absolute Gasteiger partial charge is 0.345 e. The summed E-state index contributed by atoms with van der Waals surface area (Å²) in [7, 11) is 0. The van der Waals surface area contributed by atoms with Gasteiger partial charge < -0.3 is 4.74 Å². The largest absolute Gasteiger partial charge is 0.459 e. The van der Waals surface area contributed by atoms with Crippen molar-refractivity contribution in [1.82, 2.24) is 0 Å². The van der Waals surface area contributed by atoms with E-state index < -0.39 is 5.60 Å². The molecule has 3 atom stereocenters. The van der Waals surface area contributed by atoms with Crippen LogP contribution in [-0.4, -0.2) is 22.6 Å². The summed E-state index contributed by atoms with van der Waals surface area (Å²) in [6.45, 7) is 6.67. The van der Waals surface area contributed by atoms with Gasteiger partial charge in [0.05, 0.1) is 0 Å². The van der Waals surface area contributed by atoms with Crippen LogP contribution in [0.2, 0.25) is 0 Å². The van der Waals surface area contributed by atoms with E-state index in [-0.39, 0.29) is 34.4 Å². The Labute approximate surface area is 173 Å². The number of halogens is 1. The van der Waals surface area contributed by atoms with E-state index in [0.29, 0.717) is 6.42 Å². The molecule has 3 rings (SSSR count). The standard InChI is InChI=1S/C22H26BrO3S/c1-21(2,3)27(4)26-22(14-19(22)17-10-12-18(23)13-11-17)20(24)25-15-16-8-6-5-7-9-16/h5-13,19H,14-15H2,1-4H3/q+1/t19-,22?,27?/m1/s1. The van der Waals surface area contributed by atoms with Crippen molar-refractivity contribution in [2.45, 2.75) is 50.1 Å². The molecule has 0 amide bonds. The van der Waals surface area contributed by atoms with Crippen molar-refractivity contribution in [2.75, 3.05) is 6.26 Å². The predicted octanol–water partition coefficient (Wildman–Crippen LogP) is 5.40. The van der Waals surface area contributed by atoms with Crippen LogP contribution in [0.4, 0.5) is 0 Å². The van der Waals surface area contributed by atoms with E-state index in [9.17, 15) is 4.79 Å². The zero-order valence-electron chi connectivity index (χ0n) is 16.2. The summed E-state index contributed by atoms with van der Waals surface area (Å²) in [4.78, 5) is 13.1. The number of carbonyl (C=O) groups is 1. The minimum absolute atomic E-state index is 0.0282.